The number of hydrogen-bond acceptors (Lipinski definition) is 0. The summed E-state index contributed by atoms with van der Waals surface area (Å²) in [4.78, 5) is 0. The molecule has 0 aliphatic heterocycles. The van der Waals surface area contributed by atoms with Crippen LogP contribution in [0.2, 0.25) is 0 Å². The molecule has 0 saturated heterocycles. The van der Waals surface area contributed by atoms with E-state index in [4.69, 9.17) is 0 Å². The molecule has 0 spiro atoms. The van der Waals surface area contributed by atoms with Gasteiger partial charge in [-0.25, -0.2) is 0 Å². The van der Waals surface area contributed by atoms with Crippen molar-refractivity contribution in [2.75, 3.05) is 0 Å². The summed E-state index contributed by atoms with van der Waals surface area (Å²) in [6.07, 6.45) is 5.95. The monoisotopic (exact) mass is 154 g/mol. The summed E-state index contributed by atoms with van der Waals surface area (Å²) >= 11 is 0. The molecule has 0 nitrogen and oxygen atoms in total. The van der Waals surface area contributed by atoms with E-state index in [0.29, 0.717) is 5.92 Å². The van der Waals surface area contributed by atoms with Crippen molar-refractivity contribution in [1.29, 1.82) is 0 Å². The third-order valence-corrected chi connectivity index (χ3v) is 1.67. The second kappa shape index (κ2) is 5.40. The lowest BCUT2D eigenvalue weighted by Gasteiger charge is -2.09. The fourth-order valence-corrected chi connectivity index (χ4v) is 1.23. The van der Waals surface area contributed by atoms with Crippen LogP contribution in [-0.2, 0) is 0 Å². The van der Waals surface area contributed by atoms with Crippen LogP contribution in [0, 0.1) is 17.8 Å². The summed E-state index contributed by atoms with van der Waals surface area (Å²) in [5, 5.41) is 0. The molecule has 0 aromatic carbocycles. The van der Waals surface area contributed by atoms with Gasteiger partial charge in [0, 0.05) is 0 Å². The summed E-state index contributed by atoms with van der Waals surface area (Å²) < 4.78 is 0. The van der Waals surface area contributed by atoms with Gasteiger partial charge in [0.15, 0.2) is 0 Å². The molecule has 0 fully saturated rings. The van der Waals surface area contributed by atoms with Crippen LogP contribution in [0.5, 0.6) is 0 Å². The van der Waals surface area contributed by atoms with E-state index in [1.165, 1.54) is 6.42 Å². The number of rotatable bonds is 4. The van der Waals surface area contributed by atoms with E-state index in [1.54, 1.807) is 0 Å². The summed E-state index contributed by atoms with van der Waals surface area (Å²) in [6.45, 7) is 11.3. The molecule has 11 heavy (non-hydrogen) atoms. The Kier molecular flexibility index (Phi) is 5.27. The van der Waals surface area contributed by atoms with Gasteiger partial charge in [0.2, 0.25) is 0 Å². The molecule has 0 N–H and O–H groups in total. The van der Waals surface area contributed by atoms with E-state index in [0.717, 1.165) is 11.8 Å². The van der Waals surface area contributed by atoms with E-state index in [2.05, 4.69) is 46.8 Å². The van der Waals surface area contributed by atoms with Crippen molar-refractivity contribution in [3.8, 4) is 0 Å². The largest absolute Gasteiger partial charge is 0.0857 e. The fraction of sp³-hybridized carbons (Fsp3) is 0.818. The second-order valence-corrected chi connectivity index (χ2v) is 4.24. The maximum atomic E-state index is 2.34. The Labute approximate surface area is 71.7 Å². The zero-order chi connectivity index (χ0) is 8.85. The molecule has 0 amide bonds. The highest BCUT2D eigenvalue weighted by Crippen LogP contribution is 2.12. The molecular formula is C11H22. The Morgan fingerprint density at radius 3 is 1.82 bits per heavy atom. The van der Waals surface area contributed by atoms with Gasteiger partial charge in [0.05, 0.1) is 0 Å². The molecular weight excluding hydrogens is 132 g/mol. The molecule has 0 heteroatoms. The minimum absolute atomic E-state index is 0.699. The lowest BCUT2D eigenvalue weighted by Crippen LogP contribution is -1.96. The third-order valence-electron chi connectivity index (χ3n) is 1.67. The van der Waals surface area contributed by atoms with Crippen molar-refractivity contribution in [1.82, 2.24) is 0 Å². The first-order chi connectivity index (χ1) is 5.02. The van der Waals surface area contributed by atoms with Crippen molar-refractivity contribution in [2.45, 2.75) is 41.0 Å². The van der Waals surface area contributed by atoms with Crippen molar-refractivity contribution >= 4 is 0 Å². The van der Waals surface area contributed by atoms with Gasteiger partial charge in [0.1, 0.15) is 0 Å². The molecule has 0 radical (unpaired) electrons. The maximum absolute atomic E-state index is 2.34. The first kappa shape index (κ1) is 10.7. The van der Waals surface area contributed by atoms with Gasteiger partial charge in [0.25, 0.3) is 0 Å². The average molecular weight is 154 g/mol. The van der Waals surface area contributed by atoms with E-state index in [9.17, 15) is 0 Å². The second-order valence-electron chi connectivity index (χ2n) is 4.24. The smallest absolute Gasteiger partial charge is 0.0259 e. The van der Waals surface area contributed by atoms with E-state index < -0.39 is 0 Å². The molecule has 0 heterocycles. The fourth-order valence-electron chi connectivity index (χ4n) is 1.23. The van der Waals surface area contributed by atoms with Crippen LogP contribution in [-0.4, -0.2) is 0 Å². The Morgan fingerprint density at radius 1 is 0.909 bits per heavy atom. The SMILES string of the molecule is CC(C)/C=C/[C@@H](C)CC(C)C. The molecule has 0 aliphatic carbocycles. The molecule has 66 valence electrons. The van der Waals surface area contributed by atoms with Gasteiger partial charge in [-0.15, -0.1) is 0 Å². The Morgan fingerprint density at radius 2 is 1.45 bits per heavy atom. The molecule has 0 aromatic heterocycles. The zero-order valence-corrected chi connectivity index (χ0v) is 8.59. The standard InChI is InChI=1S/C11H22/c1-9(2)6-7-11(5)8-10(3)4/h6-7,9-11H,8H2,1-5H3/b7-6+/t11-/m1/s1. The van der Waals surface area contributed by atoms with Crippen molar-refractivity contribution in [3.05, 3.63) is 12.2 Å². The Bertz CT molecular complexity index is 109. The highest BCUT2D eigenvalue weighted by Gasteiger charge is 2.00. The predicted molar refractivity (Wildman–Crippen MR) is 52.6 cm³/mol. The van der Waals surface area contributed by atoms with Gasteiger partial charge in [-0.1, -0.05) is 46.8 Å². The summed E-state index contributed by atoms with van der Waals surface area (Å²) in [7, 11) is 0. The van der Waals surface area contributed by atoms with E-state index >= 15 is 0 Å². The minimum Gasteiger partial charge on any atom is -0.0857 e. The molecule has 0 bridgehead atoms. The van der Waals surface area contributed by atoms with Gasteiger partial charge < -0.3 is 0 Å². The normalized spacial score (nSPS) is 15.2. The molecule has 0 aromatic rings. The topological polar surface area (TPSA) is 0 Å². The molecule has 0 rings (SSSR count). The summed E-state index contributed by atoms with van der Waals surface area (Å²) in [6, 6.07) is 0. The van der Waals surface area contributed by atoms with Crippen molar-refractivity contribution < 1.29 is 0 Å². The molecule has 1 atom stereocenters. The Balaban J connectivity index is 3.59. The molecule has 0 unspecified atom stereocenters. The Hall–Kier alpha value is -0.260. The highest BCUT2D eigenvalue weighted by molar-refractivity contribution is 4.88. The van der Waals surface area contributed by atoms with Crippen molar-refractivity contribution in [3.63, 3.8) is 0 Å². The van der Waals surface area contributed by atoms with Crippen LogP contribution in [0.1, 0.15) is 41.0 Å². The van der Waals surface area contributed by atoms with Gasteiger partial charge >= 0.3 is 0 Å². The quantitative estimate of drug-likeness (QED) is 0.539. The minimum atomic E-state index is 0.699. The van der Waals surface area contributed by atoms with Gasteiger partial charge in [-0.2, -0.15) is 0 Å². The predicted octanol–water partition coefficient (Wildman–Crippen LogP) is 3.88. The van der Waals surface area contributed by atoms with E-state index in [-0.39, 0.29) is 0 Å². The number of allylic oxidation sites excluding steroid dienone is 2. The lowest BCUT2D eigenvalue weighted by atomic mass is 9.97. The van der Waals surface area contributed by atoms with Crippen LogP contribution in [0.25, 0.3) is 0 Å². The lowest BCUT2D eigenvalue weighted by molar-refractivity contribution is 0.501. The molecule has 0 saturated carbocycles. The van der Waals surface area contributed by atoms with Gasteiger partial charge in [-0.3, -0.25) is 0 Å². The van der Waals surface area contributed by atoms with E-state index in [1.807, 2.05) is 0 Å². The third kappa shape index (κ3) is 7.64. The van der Waals surface area contributed by atoms with Crippen molar-refractivity contribution in [2.24, 2.45) is 17.8 Å². The van der Waals surface area contributed by atoms with Crippen LogP contribution >= 0.6 is 0 Å². The number of hydrogen-bond donors (Lipinski definition) is 0. The first-order valence-electron chi connectivity index (χ1n) is 4.70. The maximum Gasteiger partial charge on any atom is -0.0259 e. The average Bonchev–Trinajstić information content (AvgIpc) is 1.82. The van der Waals surface area contributed by atoms with Crippen LogP contribution in [0.3, 0.4) is 0 Å². The van der Waals surface area contributed by atoms with Gasteiger partial charge in [-0.05, 0) is 24.2 Å². The van der Waals surface area contributed by atoms with Crippen LogP contribution in [0.15, 0.2) is 12.2 Å². The summed E-state index contributed by atoms with van der Waals surface area (Å²) in [5.74, 6) is 2.27. The first-order valence-corrected chi connectivity index (χ1v) is 4.70. The van der Waals surface area contributed by atoms with Crippen LogP contribution < -0.4 is 0 Å². The summed E-state index contributed by atoms with van der Waals surface area (Å²) in [5.41, 5.74) is 0. The highest BCUT2D eigenvalue weighted by atomic mass is 14.1. The molecule has 0 aliphatic rings. The zero-order valence-electron chi connectivity index (χ0n) is 8.59. The van der Waals surface area contributed by atoms with Crippen LogP contribution in [0.4, 0.5) is 0 Å².